The molecule has 1 fully saturated rings. The van der Waals surface area contributed by atoms with Gasteiger partial charge in [-0.2, -0.15) is 0 Å². The minimum atomic E-state index is -3.25. The van der Waals surface area contributed by atoms with Crippen LogP contribution in [-0.2, 0) is 15.4 Å². The normalized spacial score (nSPS) is 19.7. The summed E-state index contributed by atoms with van der Waals surface area (Å²) in [6.45, 7) is 0. The number of rotatable bonds is 2. The van der Waals surface area contributed by atoms with Crippen LogP contribution >= 0.6 is 11.6 Å². The van der Waals surface area contributed by atoms with E-state index in [0.717, 1.165) is 31.2 Å². The van der Waals surface area contributed by atoms with Gasteiger partial charge in [-0.3, -0.25) is 0 Å². The van der Waals surface area contributed by atoms with Gasteiger partial charge in [0.25, 0.3) is 0 Å². The van der Waals surface area contributed by atoms with Crippen molar-refractivity contribution < 1.29 is 8.42 Å². The van der Waals surface area contributed by atoms with Gasteiger partial charge in [-0.05, 0) is 36.6 Å². The van der Waals surface area contributed by atoms with Crippen molar-refractivity contribution in [3.8, 4) is 0 Å². The lowest BCUT2D eigenvalue weighted by molar-refractivity contribution is 0.302. The maximum Gasteiger partial charge on any atom is 0.175 e. The summed E-state index contributed by atoms with van der Waals surface area (Å²) in [4.78, 5) is 0.250. The van der Waals surface area contributed by atoms with E-state index in [1.807, 2.05) is 0 Å². The molecule has 2 rings (SSSR count). The Bertz CT molecular complexity index is 548. The van der Waals surface area contributed by atoms with E-state index in [9.17, 15) is 8.42 Å². The Balaban J connectivity index is 2.48. The van der Waals surface area contributed by atoms with Crippen LogP contribution in [0.2, 0.25) is 5.02 Å². The fraction of sp³-hybridized carbons (Fsp3) is 0.538. The molecule has 2 N–H and O–H groups in total. The van der Waals surface area contributed by atoms with Crippen molar-refractivity contribution in [3.05, 3.63) is 28.8 Å². The Morgan fingerprint density at radius 2 is 1.78 bits per heavy atom. The average molecular weight is 288 g/mol. The van der Waals surface area contributed by atoms with Crippen molar-refractivity contribution in [2.45, 2.75) is 42.5 Å². The number of nitrogens with two attached hydrogens (primary N) is 1. The lowest BCUT2D eigenvalue weighted by atomic mass is 9.77. The van der Waals surface area contributed by atoms with E-state index >= 15 is 0 Å². The van der Waals surface area contributed by atoms with E-state index in [4.69, 9.17) is 17.3 Å². The van der Waals surface area contributed by atoms with E-state index in [1.165, 1.54) is 18.7 Å². The van der Waals surface area contributed by atoms with E-state index in [-0.39, 0.29) is 4.90 Å². The quantitative estimate of drug-likeness (QED) is 0.910. The molecule has 0 radical (unpaired) electrons. The Morgan fingerprint density at radius 1 is 1.17 bits per heavy atom. The highest BCUT2D eigenvalue weighted by atomic mass is 35.5. The Labute approximate surface area is 113 Å². The first-order chi connectivity index (χ1) is 8.31. The van der Waals surface area contributed by atoms with E-state index < -0.39 is 15.4 Å². The molecule has 0 spiro atoms. The monoisotopic (exact) mass is 287 g/mol. The molecule has 1 aromatic rings. The lowest BCUT2D eigenvalue weighted by Gasteiger charge is -2.34. The van der Waals surface area contributed by atoms with Gasteiger partial charge in [0.15, 0.2) is 9.84 Å². The molecule has 0 heterocycles. The van der Waals surface area contributed by atoms with Crippen molar-refractivity contribution in [3.63, 3.8) is 0 Å². The number of halogens is 1. The van der Waals surface area contributed by atoms with Gasteiger partial charge in [0.1, 0.15) is 0 Å². The van der Waals surface area contributed by atoms with Crippen LogP contribution in [0.5, 0.6) is 0 Å². The number of hydrogen-bond acceptors (Lipinski definition) is 3. The van der Waals surface area contributed by atoms with Crippen molar-refractivity contribution in [2.75, 3.05) is 6.26 Å². The third-order valence-corrected chi connectivity index (χ3v) is 4.93. The lowest BCUT2D eigenvalue weighted by Crippen LogP contribution is -2.38. The molecular weight excluding hydrogens is 270 g/mol. The number of benzene rings is 1. The molecule has 1 saturated carbocycles. The smallest absolute Gasteiger partial charge is 0.175 e. The van der Waals surface area contributed by atoms with Crippen molar-refractivity contribution in [1.29, 1.82) is 0 Å². The molecule has 0 aromatic heterocycles. The van der Waals surface area contributed by atoms with Gasteiger partial charge in [0.05, 0.1) is 4.90 Å². The van der Waals surface area contributed by atoms with E-state index in [1.54, 1.807) is 12.1 Å². The maximum absolute atomic E-state index is 11.6. The molecular formula is C13H18ClNO2S. The Hall–Kier alpha value is -0.580. The van der Waals surface area contributed by atoms with Crippen molar-refractivity contribution >= 4 is 21.4 Å². The first kappa shape index (κ1) is 13.8. The zero-order chi connectivity index (χ0) is 13.4. The van der Waals surface area contributed by atoms with Crippen LogP contribution in [0.15, 0.2) is 23.1 Å². The Morgan fingerprint density at radius 3 is 2.33 bits per heavy atom. The largest absolute Gasteiger partial charge is 0.321 e. The number of sulfone groups is 1. The summed E-state index contributed by atoms with van der Waals surface area (Å²) in [5, 5.41) is 0.434. The molecule has 0 atom stereocenters. The predicted octanol–water partition coefficient (Wildman–Crippen LogP) is 2.86. The fourth-order valence-corrected chi connectivity index (χ4v) is 3.52. The third-order valence-electron chi connectivity index (χ3n) is 3.62. The molecule has 3 nitrogen and oxygen atoms in total. The molecule has 5 heteroatoms. The highest BCUT2D eigenvalue weighted by Gasteiger charge is 2.30. The van der Waals surface area contributed by atoms with Crippen LogP contribution in [0.1, 0.15) is 37.7 Å². The first-order valence-electron chi connectivity index (χ1n) is 6.11. The summed E-state index contributed by atoms with van der Waals surface area (Å²) in [6, 6.07) is 4.95. The molecule has 0 saturated heterocycles. The zero-order valence-electron chi connectivity index (χ0n) is 10.4. The molecule has 0 aliphatic heterocycles. The third kappa shape index (κ3) is 2.87. The van der Waals surface area contributed by atoms with Crippen molar-refractivity contribution in [1.82, 2.24) is 0 Å². The minimum absolute atomic E-state index is 0.250. The van der Waals surface area contributed by atoms with E-state index in [0.29, 0.717) is 5.02 Å². The summed E-state index contributed by atoms with van der Waals surface area (Å²) in [6.07, 6.45) is 6.31. The maximum atomic E-state index is 11.6. The summed E-state index contributed by atoms with van der Waals surface area (Å²) in [7, 11) is -3.25. The highest BCUT2D eigenvalue weighted by molar-refractivity contribution is 7.90. The van der Waals surface area contributed by atoms with Gasteiger partial charge in [-0.25, -0.2) is 8.42 Å². The first-order valence-corrected chi connectivity index (χ1v) is 8.38. The van der Waals surface area contributed by atoms with Crippen LogP contribution in [-0.4, -0.2) is 14.7 Å². The highest BCUT2D eigenvalue weighted by Crippen LogP contribution is 2.36. The average Bonchev–Trinajstić information content (AvgIpc) is 2.28. The second-order valence-electron chi connectivity index (χ2n) is 5.16. The van der Waals surface area contributed by atoms with Crippen LogP contribution in [0, 0.1) is 0 Å². The number of hydrogen-bond donors (Lipinski definition) is 1. The summed E-state index contributed by atoms with van der Waals surface area (Å²) in [5.41, 5.74) is 6.82. The zero-order valence-corrected chi connectivity index (χ0v) is 12.0. The summed E-state index contributed by atoms with van der Waals surface area (Å²) in [5.74, 6) is 0. The molecule has 18 heavy (non-hydrogen) atoms. The van der Waals surface area contributed by atoms with Crippen LogP contribution in [0.4, 0.5) is 0 Å². The van der Waals surface area contributed by atoms with Gasteiger partial charge in [0, 0.05) is 16.8 Å². The van der Waals surface area contributed by atoms with Gasteiger partial charge < -0.3 is 5.73 Å². The van der Waals surface area contributed by atoms with Crippen LogP contribution in [0.3, 0.4) is 0 Å². The fourth-order valence-electron chi connectivity index (χ4n) is 2.54. The standard InChI is InChI=1S/C13H18ClNO2S/c1-18(16,17)12-8-10(7-11(14)9-12)13(15)5-3-2-4-6-13/h7-9H,2-6,15H2,1H3. The molecule has 0 bridgehead atoms. The van der Waals surface area contributed by atoms with Gasteiger partial charge in [0.2, 0.25) is 0 Å². The predicted molar refractivity (Wildman–Crippen MR) is 73.5 cm³/mol. The molecule has 1 aromatic carbocycles. The molecule has 0 amide bonds. The van der Waals surface area contributed by atoms with Crippen LogP contribution < -0.4 is 5.73 Å². The second kappa shape index (κ2) is 4.83. The molecule has 1 aliphatic carbocycles. The summed E-state index contributed by atoms with van der Waals surface area (Å²) >= 11 is 6.02. The van der Waals surface area contributed by atoms with E-state index in [2.05, 4.69) is 0 Å². The van der Waals surface area contributed by atoms with Crippen molar-refractivity contribution in [2.24, 2.45) is 5.73 Å². The molecule has 1 aliphatic rings. The molecule has 0 unspecified atom stereocenters. The molecule has 100 valence electrons. The Kier molecular flexibility index (Phi) is 3.72. The second-order valence-corrected chi connectivity index (χ2v) is 7.62. The minimum Gasteiger partial charge on any atom is -0.321 e. The van der Waals surface area contributed by atoms with Crippen LogP contribution in [0.25, 0.3) is 0 Å². The van der Waals surface area contributed by atoms with Gasteiger partial charge >= 0.3 is 0 Å². The SMILES string of the molecule is CS(=O)(=O)c1cc(Cl)cc(C2(N)CCCCC2)c1. The topological polar surface area (TPSA) is 60.2 Å². The van der Waals surface area contributed by atoms with Gasteiger partial charge in [-0.15, -0.1) is 0 Å². The summed E-state index contributed by atoms with van der Waals surface area (Å²) < 4.78 is 23.2. The van der Waals surface area contributed by atoms with Gasteiger partial charge in [-0.1, -0.05) is 30.9 Å².